The molecule has 10 heavy (non-hydrogen) atoms. The summed E-state index contributed by atoms with van der Waals surface area (Å²) in [6.45, 7) is 0. The van der Waals surface area contributed by atoms with Gasteiger partial charge in [-0.1, -0.05) is 0 Å². The maximum atomic E-state index is 7.33. The van der Waals surface area contributed by atoms with E-state index in [9.17, 15) is 0 Å². The second kappa shape index (κ2) is 17.5. The van der Waals surface area contributed by atoms with Crippen molar-refractivity contribution >= 4 is 49.5 Å². The van der Waals surface area contributed by atoms with Gasteiger partial charge in [-0.25, -0.2) is 0 Å². The van der Waals surface area contributed by atoms with Crippen LogP contribution in [-0.4, -0.2) is 74.1 Å². The summed E-state index contributed by atoms with van der Waals surface area (Å²) in [5.74, 6) is 0. The molecule has 0 aliphatic carbocycles. The molecule has 0 saturated carbocycles. The van der Waals surface area contributed by atoms with Crippen LogP contribution in [0, 0.1) is 0 Å². The Kier molecular flexibility index (Phi) is 68.7. The molecule has 6 N–H and O–H groups in total. The monoisotopic (exact) mass is 290 g/mol. The first-order valence-electron chi connectivity index (χ1n) is 0.894. The summed E-state index contributed by atoms with van der Waals surface area (Å²) in [6.07, 6.45) is 0. The Bertz CT molecular complexity index is 44.9. The average Bonchev–Trinajstić information content (AvgIpc) is 0.722. The summed E-state index contributed by atoms with van der Waals surface area (Å²) >= 11 is 0. The summed E-state index contributed by atoms with van der Waals surface area (Å²) in [7, 11) is -4.61. The van der Waals surface area contributed by atoms with E-state index in [1.807, 2.05) is 0 Å². The van der Waals surface area contributed by atoms with Crippen LogP contribution < -0.4 is 0 Å². The van der Waals surface area contributed by atoms with Gasteiger partial charge in [0.25, 0.3) is 0 Å². The Labute approximate surface area is 112 Å². The standard InChI is InChI=1S/Al.Fe.Mg.H4O4Si.H2O.Zn.5H/c;;;1-5(2,3)4;;;;;;;/h;;;1-4H;1H2;;;;;;/q;;+2;;;;;;;2*-1. The summed E-state index contributed by atoms with van der Waals surface area (Å²) in [4.78, 5) is 29.3. The molecule has 0 saturated heterocycles. The van der Waals surface area contributed by atoms with Crippen LogP contribution in [0.5, 0.6) is 0 Å². The molecule has 0 bridgehead atoms. The van der Waals surface area contributed by atoms with Gasteiger partial charge in [0.05, 0.1) is 0 Å². The van der Waals surface area contributed by atoms with E-state index in [1.165, 1.54) is 0 Å². The summed E-state index contributed by atoms with van der Waals surface area (Å²) in [5.41, 5.74) is 0. The van der Waals surface area contributed by atoms with E-state index in [0.717, 1.165) is 0 Å². The van der Waals surface area contributed by atoms with E-state index in [0.29, 0.717) is 0 Å². The van der Waals surface area contributed by atoms with E-state index in [2.05, 4.69) is 0 Å². The second-order valence-electron chi connectivity index (χ2n) is 0.600. The molecule has 5 nitrogen and oxygen atoms in total. The molecule has 0 aromatic heterocycles. The Hall–Kier alpha value is 2.46. The number of hydrogen-bond acceptors (Lipinski definition) is 4. The molecule has 0 aliphatic heterocycles. The molecule has 0 atom stereocenters. The number of hydrogen-bond donors (Lipinski definition) is 4. The molecule has 0 rings (SSSR count). The van der Waals surface area contributed by atoms with Crippen molar-refractivity contribution in [2.24, 2.45) is 0 Å². The first kappa shape index (κ1) is 39.2. The predicted molar refractivity (Wildman–Crippen MR) is 36.2 cm³/mol. The minimum Gasteiger partial charge on any atom is -1.00 e. The topological polar surface area (TPSA) is 112 Å². The molecule has 0 aromatic rings. The third-order valence-electron chi connectivity index (χ3n) is 0. The first-order chi connectivity index (χ1) is 2.00. The summed E-state index contributed by atoms with van der Waals surface area (Å²) in [5, 5.41) is 0. The Morgan fingerprint density at radius 1 is 1.00 bits per heavy atom. The normalized spacial score (nSPS) is 6.00. The van der Waals surface area contributed by atoms with Gasteiger partial charge in [-0.2, -0.15) is 0 Å². The summed E-state index contributed by atoms with van der Waals surface area (Å²) in [6, 6.07) is 0. The largest absolute Gasteiger partial charge is 2.00 e. The van der Waals surface area contributed by atoms with Crippen LogP contribution in [0.3, 0.4) is 0 Å². The van der Waals surface area contributed by atoms with Crippen LogP contribution in [-0.2, 0) is 36.5 Å². The van der Waals surface area contributed by atoms with E-state index in [4.69, 9.17) is 19.2 Å². The quantitative estimate of drug-likeness (QED) is 0.336. The third kappa shape index (κ3) is 155. The van der Waals surface area contributed by atoms with Gasteiger partial charge in [-0.05, 0) is 0 Å². The van der Waals surface area contributed by atoms with Crippen molar-refractivity contribution in [3.8, 4) is 0 Å². The molecule has 0 amide bonds. The Morgan fingerprint density at radius 3 is 1.00 bits per heavy atom. The fourth-order valence-electron chi connectivity index (χ4n) is 0. The molecule has 0 aromatic carbocycles. The molecule has 0 unspecified atom stereocenters. The maximum Gasteiger partial charge on any atom is 2.00 e. The fourth-order valence-corrected chi connectivity index (χ4v) is 0. The van der Waals surface area contributed by atoms with Gasteiger partial charge in [0.1, 0.15) is 0 Å². The SMILES string of the molecule is O.O[Si](O)(O)O.[AlH3].[Fe].[H-].[H-].[Mg+2].[Zn]. The van der Waals surface area contributed by atoms with Gasteiger partial charge in [0.15, 0.2) is 17.4 Å². The van der Waals surface area contributed by atoms with Gasteiger partial charge in [0, 0.05) is 36.5 Å². The predicted octanol–water partition coefficient (Wildman–Crippen LogP) is -4.78. The van der Waals surface area contributed by atoms with Crippen LogP contribution in [0.15, 0.2) is 0 Å². The van der Waals surface area contributed by atoms with E-state index in [-0.39, 0.29) is 85.3 Å². The van der Waals surface area contributed by atoms with Crippen molar-refractivity contribution in [3.63, 3.8) is 0 Å². The van der Waals surface area contributed by atoms with Crippen molar-refractivity contribution < 1.29 is 64.1 Å². The van der Waals surface area contributed by atoms with Gasteiger partial charge >= 0.3 is 32.1 Å². The minimum atomic E-state index is -4.61. The van der Waals surface area contributed by atoms with Crippen LogP contribution in [0.2, 0.25) is 0 Å². The molecule has 0 spiro atoms. The molecule has 0 heterocycles. The van der Waals surface area contributed by atoms with Crippen molar-refractivity contribution in [2.45, 2.75) is 0 Å². The minimum absolute atomic E-state index is 0. The maximum absolute atomic E-state index is 7.33. The zero-order valence-corrected chi connectivity index (χ0v) is 11.0. The first-order valence-corrected chi connectivity index (χ1v) is 2.68. The van der Waals surface area contributed by atoms with Crippen molar-refractivity contribution in [1.82, 2.24) is 0 Å². The zero-order valence-electron chi connectivity index (χ0n) is 6.56. The van der Waals surface area contributed by atoms with E-state index in [1.54, 1.807) is 0 Å². The molecular formula is H11AlFeMgO5SiZn. The van der Waals surface area contributed by atoms with Gasteiger partial charge in [-0.3, -0.25) is 0 Å². The van der Waals surface area contributed by atoms with Crippen LogP contribution in [0.1, 0.15) is 2.85 Å². The van der Waals surface area contributed by atoms with E-state index < -0.39 is 9.05 Å². The van der Waals surface area contributed by atoms with Gasteiger partial charge in [-0.15, -0.1) is 0 Å². The molecule has 0 fully saturated rings. The van der Waals surface area contributed by atoms with Crippen molar-refractivity contribution in [1.29, 1.82) is 0 Å². The Morgan fingerprint density at radius 2 is 1.00 bits per heavy atom. The fraction of sp³-hybridized carbons (Fsp3) is 0. The Balaban J connectivity index is -0.00000000381. The van der Waals surface area contributed by atoms with Crippen LogP contribution in [0.25, 0.3) is 0 Å². The van der Waals surface area contributed by atoms with Gasteiger partial charge < -0.3 is 27.5 Å². The second-order valence-corrected chi connectivity index (χ2v) is 1.80. The third-order valence-corrected chi connectivity index (χ3v) is 0. The van der Waals surface area contributed by atoms with Crippen molar-refractivity contribution in [3.05, 3.63) is 0 Å². The average molecular weight is 292 g/mol. The van der Waals surface area contributed by atoms with Crippen molar-refractivity contribution in [2.75, 3.05) is 0 Å². The molecule has 10 heteroatoms. The molecule has 60 valence electrons. The molecule has 0 radical (unpaired) electrons. The van der Waals surface area contributed by atoms with E-state index >= 15 is 0 Å². The summed E-state index contributed by atoms with van der Waals surface area (Å²) < 4.78 is 0. The smallest absolute Gasteiger partial charge is 1.00 e. The number of rotatable bonds is 0. The van der Waals surface area contributed by atoms with Crippen LogP contribution >= 0.6 is 0 Å². The molecule has 0 aliphatic rings. The van der Waals surface area contributed by atoms with Gasteiger partial charge in [0.2, 0.25) is 0 Å². The zero-order chi connectivity index (χ0) is 4.50. The van der Waals surface area contributed by atoms with Crippen LogP contribution in [0.4, 0.5) is 0 Å². The molecular weight excluding hydrogens is 281 g/mol.